The van der Waals surface area contributed by atoms with Crippen molar-refractivity contribution in [3.05, 3.63) is 54.1 Å². The molecule has 1 fully saturated rings. The molecular weight excluding hydrogens is 456 g/mol. The Morgan fingerprint density at radius 3 is 2.00 bits per heavy atom. The molecule has 0 aromatic heterocycles. The highest BCUT2D eigenvalue weighted by atomic mass is 32.2. The molecule has 3 rings (SSSR count). The molecule has 2 aromatic rings. The SMILES string of the molecule is CCNS(=O)(=O)c1ccc(NC(=O)c2ccc(S(=O)(=O)N3CCN(C=O)CC3)cc2)cc1. The number of nitrogens with zero attached hydrogens (tertiary/aromatic N) is 2. The maximum Gasteiger partial charge on any atom is 0.255 e. The highest BCUT2D eigenvalue weighted by molar-refractivity contribution is 7.89. The summed E-state index contributed by atoms with van der Waals surface area (Å²) < 4.78 is 53.2. The largest absolute Gasteiger partial charge is 0.343 e. The van der Waals surface area contributed by atoms with Crippen molar-refractivity contribution in [1.29, 1.82) is 0 Å². The van der Waals surface area contributed by atoms with Crippen molar-refractivity contribution in [3.8, 4) is 0 Å². The van der Waals surface area contributed by atoms with Gasteiger partial charge in [-0.05, 0) is 48.5 Å². The monoisotopic (exact) mass is 480 g/mol. The molecule has 2 aromatic carbocycles. The third-order valence-electron chi connectivity index (χ3n) is 4.93. The average Bonchev–Trinajstić information content (AvgIpc) is 2.79. The van der Waals surface area contributed by atoms with Gasteiger partial charge in [0.15, 0.2) is 0 Å². The van der Waals surface area contributed by atoms with Crippen molar-refractivity contribution in [3.63, 3.8) is 0 Å². The van der Waals surface area contributed by atoms with Crippen molar-refractivity contribution in [2.24, 2.45) is 0 Å². The molecule has 1 aliphatic rings. The number of hydrogen-bond donors (Lipinski definition) is 2. The normalized spacial score (nSPS) is 15.3. The molecule has 12 heteroatoms. The van der Waals surface area contributed by atoms with E-state index in [1.54, 1.807) is 6.92 Å². The Kier molecular flexibility index (Phi) is 7.29. The lowest BCUT2D eigenvalue weighted by Crippen LogP contribution is -2.47. The molecule has 0 atom stereocenters. The Morgan fingerprint density at radius 1 is 0.906 bits per heavy atom. The minimum absolute atomic E-state index is 0.0617. The standard InChI is InChI=1S/C20H24N4O6S2/c1-2-21-31(27,28)18-9-5-17(6-10-18)22-20(26)16-3-7-19(8-4-16)32(29,30)24-13-11-23(15-25)12-14-24/h3-10,15,21H,2,11-14H2,1H3,(H,22,26). The lowest BCUT2D eigenvalue weighted by atomic mass is 10.2. The smallest absolute Gasteiger partial charge is 0.255 e. The summed E-state index contributed by atoms with van der Waals surface area (Å²) in [6.07, 6.45) is 0.700. The van der Waals surface area contributed by atoms with Gasteiger partial charge in [-0.15, -0.1) is 0 Å². The van der Waals surface area contributed by atoms with Gasteiger partial charge in [0, 0.05) is 44.0 Å². The van der Waals surface area contributed by atoms with Gasteiger partial charge in [0.25, 0.3) is 5.91 Å². The van der Waals surface area contributed by atoms with E-state index in [1.807, 2.05) is 0 Å². The van der Waals surface area contributed by atoms with Crippen LogP contribution in [0.2, 0.25) is 0 Å². The maximum atomic E-state index is 12.8. The van der Waals surface area contributed by atoms with Gasteiger partial charge in [-0.2, -0.15) is 4.31 Å². The van der Waals surface area contributed by atoms with Crippen molar-refractivity contribution in [2.45, 2.75) is 16.7 Å². The Hall–Kier alpha value is -2.80. The van der Waals surface area contributed by atoms with Gasteiger partial charge in [-0.1, -0.05) is 6.92 Å². The highest BCUT2D eigenvalue weighted by Gasteiger charge is 2.28. The van der Waals surface area contributed by atoms with Gasteiger partial charge in [0.2, 0.25) is 26.5 Å². The number of carbonyl (C=O) groups is 2. The Balaban J connectivity index is 1.67. The van der Waals surface area contributed by atoms with E-state index >= 15 is 0 Å². The summed E-state index contributed by atoms with van der Waals surface area (Å²) in [5.74, 6) is -0.462. The summed E-state index contributed by atoms with van der Waals surface area (Å²) in [6.45, 7) is 3.03. The predicted molar refractivity (Wildman–Crippen MR) is 118 cm³/mol. The second-order valence-electron chi connectivity index (χ2n) is 7.05. The summed E-state index contributed by atoms with van der Waals surface area (Å²) in [4.78, 5) is 24.9. The molecule has 1 aliphatic heterocycles. The van der Waals surface area contributed by atoms with E-state index in [-0.39, 0.29) is 35.0 Å². The van der Waals surface area contributed by atoms with E-state index in [2.05, 4.69) is 10.0 Å². The third kappa shape index (κ3) is 5.33. The predicted octanol–water partition coefficient (Wildman–Crippen LogP) is 0.700. The first-order valence-electron chi connectivity index (χ1n) is 9.88. The average molecular weight is 481 g/mol. The molecular formula is C20H24N4O6S2. The summed E-state index contributed by atoms with van der Waals surface area (Å²) in [6, 6.07) is 11.3. The molecule has 2 N–H and O–H groups in total. The molecule has 1 heterocycles. The summed E-state index contributed by atoms with van der Waals surface area (Å²) in [7, 11) is -7.31. The molecule has 32 heavy (non-hydrogen) atoms. The van der Waals surface area contributed by atoms with E-state index in [1.165, 1.54) is 57.7 Å². The number of sulfonamides is 2. The Morgan fingerprint density at radius 2 is 1.47 bits per heavy atom. The van der Waals surface area contributed by atoms with Crippen molar-refractivity contribution in [1.82, 2.24) is 13.9 Å². The number of anilines is 1. The second-order valence-corrected chi connectivity index (χ2v) is 10.8. The quantitative estimate of drug-likeness (QED) is 0.535. The molecule has 0 bridgehead atoms. The number of amides is 2. The van der Waals surface area contributed by atoms with Crippen LogP contribution in [-0.4, -0.2) is 71.1 Å². The molecule has 0 radical (unpaired) electrons. The number of benzene rings is 2. The molecule has 0 saturated carbocycles. The fourth-order valence-electron chi connectivity index (χ4n) is 3.17. The van der Waals surface area contributed by atoms with Crippen LogP contribution in [0.25, 0.3) is 0 Å². The maximum absolute atomic E-state index is 12.8. The number of hydrogen-bond acceptors (Lipinski definition) is 6. The van der Waals surface area contributed by atoms with Crippen molar-refractivity contribution < 1.29 is 26.4 Å². The van der Waals surface area contributed by atoms with Crippen LogP contribution in [0.3, 0.4) is 0 Å². The van der Waals surface area contributed by atoms with Gasteiger partial charge < -0.3 is 10.2 Å². The van der Waals surface area contributed by atoms with Crippen LogP contribution >= 0.6 is 0 Å². The fraction of sp³-hybridized carbons (Fsp3) is 0.300. The van der Waals surface area contributed by atoms with Crippen LogP contribution in [-0.2, 0) is 24.8 Å². The number of rotatable bonds is 8. The highest BCUT2D eigenvalue weighted by Crippen LogP contribution is 2.19. The van der Waals surface area contributed by atoms with Gasteiger partial charge >= 0.3 is 0 Å². The van der Waals surface area contributed by atoms with E-state index in [9.17, 15) is 26.4 Å². The molecule has 10 nitrogen and oxygen atoms in total. The minimum Gasteiger partial charge on any atom is -0.343 e. The number of piperazine rings is 1. The van der Waals surface area contributed by atoms with E-state index < -0.39 is 26.0 Å². The topological polar surface area (TPSA) is 133 Å². The molecule has 172 valence electrons. The molecule has 0 unspecified atom stereocenters. The summed E-state index contributed by atoms with van der Waals surface area (Å²) >= 11 is 0. The van der Waals surface area contributed by atoms with E-state index in [0.29, 0.717) is 25.2 Å². The molecule has 0 aliphatic carbocycles. The number of carbonyl (C=O) groups excluding carboxylic acids is 2. The first-order valence-corrected chi connectivity index (χ1v) is 12.8. The first kappa shape index (κ1) is 23.9. The second kappa shape index (κ2) is 9.77. The third-order valence-corrected chi connectivity index (χ3v) is 8.41. The first-order chi connectivity index (χ1) is 15.2. The zero-order valence-corrected chi connectivity index (χ0v) is 19.0. The van der Waals surface area contributed by atoms with Gasteiger partial charge in [0.1, 0.15) is 0 Å². The van der Waals surface area contributed by atoms with Crippen LogP contribution in [0.5, 0.6) is 0 Å². The minimum atomic E-state index is -3.72. The van der Waals surface area contributed by atoms with Crippen LogP contribution in [0, 0.1) is 0 Å². The molecule has 2 amide bonds. The van der Waals surface area contributed by atoms with Crippen molar-refractivity contribution in [2.75, 3.05) is 38.0 Å². The van der Waals surface area contributed by atoms with Gasteiger partial charge in [0.05, 0.1) is 9.79 Å². The van der Waals surface area contributed by atoms with Gasteiger partial charge in [-0.25, -0.2) is 21.6 Å². The lowest BCUT2D eigenvalue weighted by molar-refractivity contribution is -0.119. The molecule has 1 saturated heterocycles. The van der Waals surface area contributed by atoms with Crippen molar-refractivity contribution >= 4 is 38.1 Å². The van der Waals surface area contributed by atoms with E-state index in [0.717, 1.165) is 0 Å². The molecule has 0 spiro atoms. The fourth-order valence-corrected chi connectivity index (χ4v) is 5.63. The summed E-state index contributed by atoms with van der Waals surface area (Å²) in [5.41, 5.74) is 0.647. The lowest BCUT2D eigenvalue weighted by Gasteiger charge is -2.31. The van der Waals surface area contributed by atoms with Crippen LogP contribution < -0.4 is 10.0 Å². The zero-order valence-electron chi connectivity index (χ0n) is 17.4. The zero-order chi connectivity index (χ0) is 23.4. The van der Waals surface area contributed by atoms with E-state index in [4.69, 9.17) is 0 Å². The van der Waals surface area contributed by atoms with Crippen LogP contribution in [0.4, 0.5) is 5.69 Å². The Labute approximate surface area is 187 Å². The van der Waals surface area contributed by atoms with Crippen LogP contribution in [0.15, 0.2) is 58.3 Å². The van der Waals surface area contributed by atoms with Crippen LogP contribution in [0.1, 0.15) is 17.3 Å². The summed E-state index contributed by atoms with van der Waals surface area (Å²) in [5, 5.41) is 2.65. The number of nitrogens with one attached hydrogen (secondary N) is 2. The van der Waals surface area contributed by atoms with Gasteiger partial charge in [-0.3, -0.25) is 9.59 Å². The Bertz CT molecular complexity index is 1170.